The van der Waals surface area contributed by atoms with Crippen molar-refractivity contribution >= 4 is 37.4 Å². The molecule has 0 unspecified atom stereocenters. The number of benzene rings is 2. The van der Waals surface area contributed by atoms with E-state index in [9.17, 15) is 14.4 Å². The zero-order valence-electron chi connectivity index (χ0n) is 23.5. The van der Waals surface area contributed by atoms with E-state index in [0.717, 1.165) is 18.5 Å². The summed E-state index contributed by atoms with van der Waals surface area (Å²) in [5.74, 6) is -0.676. The Morgan fingerprint density at radius 2 is 1.43 bits per heavy atom. The van der Waals surface area contributed by atoms with Crippen LogP contribution in [0.4, 0.5) is 11.4 Å². The van der Waals surface area contributed by atoms with E-state index in [-0.39, 0.29) is 22.8 Å². The predicted octanol–water partition coefficient (Wildman–Crippen LogP) is 5.10. The fourth-order valence-electron chi connectivity index (χ4n) is 3.28. The van der Waals surface area contributed by atoms with Crippen LogP contribution in [0.25, 0.3) is 0 Å². The third kappa shape index (κ3) is 9.75. The van der Waals surface area contributed by atoms with Crippen molar-refractivity contribution in [1.82, 2.24) is 10.2 Å². The Kier molecular flexibility index (Phi) is 10.6. The first-order valence-electron chi connectivity index (χ1n) is 12.6. The topological polar surface area (TPSA) is 99.8 Å². The molecule has 9 heteroatoms. The molecule has 0 aliphatic rings. The monoisotopic (exact) mass is 526 g/mol. The van der Waals surface area contributed by atoms with Crippen molar-refractivity contribution < 1.29 is 18.8 Å². The summed E-state index contributed by atoms with van der Waals surface area (Å²) in [4.78, 5) is 39.0. The standard InChI is InChI=1S/C28H42N4O4Si/c1-20(33)30-24-16-21(19-36-37(7,8)28(2,3)4)17-25(18-24)31-27(35)23-12-10-22(11-13-23)26(34)29-14-9-15-32(5)6/h10-13,16-18H,9,14-15,19H2,1-8H3,(H,29,34)(H,30,33)(H,31,35). The zero-order chi connectivity index (χ0) is 27.8. The molecule has 0 saturated heterocycles. The van der Waals surface area contributed by atoms with Crippen molar-refractivity contribution in [3.8, 4) is 0 Å². The van der Waals surface area contributed by atoms with Crippen LogP contribution in [0.1, 0.15) is 60.4 Å². The second-order valence-corrected chi connectivity index (χ2v) is 15.9. The van der Waals surface area contributed by atoms with Gasteiger partial charge in [0.1, 0.15) is 0 Å². The fourth-order valence-corrected chi connectivity index (χ4v) is 4.24. The third-order valence-electron chi connectivity index (χ3n) is 6.45. The van der Waals surface area contributed by atoms with E-state index in [1.54, 1.807) is 30.3 Å². The van der Waals surface area contributed by atoms with Crippen LogP contribution >= 0.6 is 0 Å². The van der Waals surface area contributed by atoms with Crippen LogP contribution in [-0.4, -0.2) is 58.1 Å². The summed E-state index contributed by atoms with van der Waals surface area (Å²) in [6.07, 6.45) is 0.861. The van der Waals surface area contributed by atoms with Gasteiger partial charge in [-0.05, 0) is 93.2 Å². The van der Waals surface area contributed by atoms with Crippen LogP contribution in [0.15, 0.2) is 42.5 Å². The highest BCUT2D eigenvalue weighted by atomic mass is 28.4. The lowest BCUT2D eigenvalue weighted by Crippen LogP contribution is -2.40. The highest BCUT2D eigenvalue weighted by molar-refractivity contribution is 6.74. The Balaban J connectivity index is 2.11. The summed E-state index contributed by atoms with van der Waals surface area (Å²) in [5.41, 5.74) is 2.91. The van der Waals surface area contributed by atoms with Crippen molar-refractivity contribution in [1.29, 1.82) is 0 Å². The molecule has 8 nitrogen and oxygen atoms in total. The number of nitrogens with one attached hydrogen (secondary N) is 3. The Morgan fingerprint density at radius 1 is 0.892 bits per heavy atom. The van der Waals surface area contributed by atoms with Crippen LogP contribution in [0.2, 0.25) is 18.1 Å². The molecule has 0 saturated carbocycles. The molecule has 0 aliphatic heterocycles. The van der Waals surface area contributed by atoms with Gasteiger partial charge in [-0.2, -0.15) is 0 Å². The lowest BCUT2D eigenvalue weighted by Gasteiger charge is -2.36. The maximum absolute atomic E-state index is 12.9. The summed E-state index contributed by atoms with van der Waals surface area (Å²) in [5, 5.41) is 8.65. The Hall–Kier alpha value is -3.01. The molecule has 0 heterocycles. The minimum absolute atomic E-state index is 0.0641. The SMILES string of the molecule is CC(=O)Nc1cc(CO[Si](C)(C)C(C)(C)C)cc(NC(=O)c2ccc(C(=O)NCCCN(C)C)cc2)c1. The van der Waals surface area contributed by atoms with Crippen molar-refractivity contribution in [3.05, 3.63) is 59.2 Å². The molecule has 0 aliphatic carbocycles. The quantitative estimate of drug-likeness (QED) is 0.279. The number of anilines is 2. The van der Waals surface area contributed by atoms with Crippen LogP contribution in [0.3, 0.4) is 0 Å². The van der Waals surface area contributed by atoms with Crippen molar-refractivity contribution in [2.45, 2.75) is 58.9 Å². The molecule has 3 amide bonds. The average Bonchev–Trinajstić information content (AvgIpc) is 2.79. The number of amides is 3. The molecular weight excluding hydrogens is 484 g/mol. The van der Waals surface area contributed by atoms with E-state index in [2.05, 4.69) is 54.7 Å². The van der Waals surface area contributed by atoms with Gasteiger partial charge in [0.2, 0.25) is 5.91 Å². The highest BCUT2D eigenvalue weighted by Gasteiger charge is 2.37. The number of rotatable bonds is 11. The van der Waals surface area contributed by atoms with Gasteiger partial charge in [0.05, 0.1) is 6.61 Å². The van der Waals surface area contributed by atoms with Gasteiger partial charge in [0, 0.05) is 36.0 Å². The van der Waals surface area contributed by atoms with Gasteiger partial charge >= 0.3 is 0 Å². The van der Waals surface area contributed by atoms with Gasteiger partial charge in [0.15, 0.2) is 8.32 Å². The van der Waals surface area contributed by atoms with Crippen LogP contribution < -0.4 is 16.0 Å². The highest BCUT2D eigenvalue weighted by Crippen LogP contribution is 2.37. The molecule has 0 bridgehead atoms. The zero-order valence-corrected chi connectivity index (χ0v) is 24.5. The van der Waals surface area contributed by atoms with Crippen molar-refractivity contribution in [3.63, 3.8) is 0 Å². The first kappa shape index (κ1) is 30.2. The van der Waals surface area contributed by atoms with Gasteiger partial charge in [-0.25, -0.2) is 0 Å². The molecule has 37 heavy (non-hydrogen) atoms. The molecule has 0 aromatic heterocycles. The van der Waals surface area contributed by atoms with Crippen LogP contribution in [-0.2, 0) is 15.8 Å². The molecule has 0 fully saturated rings. The van der Waals surface area contributed by atoms with Crippen molar-refractivity contribution in [2.24, 2.45) is 0 Å². The van der Waals surface area contributed by atoms with Crippen LogP contribution in [0.5, 0.6) is 0 Å². The number of hydrogen-bond donors (Lipinski definition) is 3. The number of carbonyl (C=O) groups is 3. The first-order valence-corrected chi connectivity index (χ1v) is 15.5. The molecule has 2 aromatic rings. The van der Waals surface area contributed by atoms with Gasteiger partial charge < -0.3 is 25.3 Å². The van der Waals surface area contributed by atoms with E-state index in [0.29, 0.717) is 35.7 Å². The smallest absolute Gasteiger partial charge is 0.255 e. The Morgan fingerprint density at radius 3 is 1.95 bits per heavy atom. The van der Waals surface area contributed by atoms with E-state index in [1.807, 2.05) is 26.2 Å². The average molecular weight is 527 g/mol. The lowest BCUT2D eigenvalue weighted by molar-refractivity contribution is -0.114. The van der Waals surface area contributed by atoms with Gasteiger partial charge in [-0.15, -0.1) is 0 Å². The second-order valence-electron chi connectivity index (χ2n) is 11.1. The van der Waals surface area contributed by atoms with Gasteiger partial charge in [-0.3, -0.25) is 14.4 Å². The summed E-state index contributed by atoms with van der Waals surface area (Å²) in [6.45, 7) is 14.2. The van der Waals surface area contributed by atoms with E-state index < -0.39 is 8.32 Å². The molecule has 0 atom stereocenters. The largest absolute Gasteiger partial charge is 0.413 e. The molecule has 0 spiro atoms. The van der Waals surface area contributed by atoms with Crippen LogP contribution in [0, 0.1) is 0 Å². The number of nitrogens with zero attached hydrogens (tertiary/aromatic N) is 1. The van der Waals surface area contributed by atoms with Crippen molar-refractivity contribution in [2.75, 3.05) is 37.8 Å². The van der Waals surface area contributed by atoms with Gasteiger partial charge in [-0.1, -0.05) is 20.8 Å². The molecule has 202 valence electrons. The molecule has 2 aromatic carbocycles. The predicted molar refractivity (Wildman–Crippen MR) is 153 cm³/mol. The molecule has 2 rings (SSSR count). The maximum atomic E-state index is 12.9. The van der Waals surface area contributed by atoms with E-state index in [4.69, 9.17) is 4.43 Å². The summed E-state index contributed by atoms with van der Waals surface area (Å²) < 4.78 is 6.34. The summed E-state index contributed by atoms with van der Waals surface area (Å²) in [7, 11) is 2.00. The first-order chi connectivity index (χ1) is 17.2. The Bertz CT molecular complexity index is 1090. The maximum Gasteiger partial charge on any atom is 0.255 e. The minimum Gasteiger partial charge on any atom is -0.413 e. The third-order valence-corrected chi connectivity index (χ3v) is 10.9. The lowest BCUT2D eigenvalue weighted by atomic mass is 10.1. The van der Waals surface area contributed by atoms with E-state index >= 15 is 0 Å². The van der Waals surface area contributed by atoms with E-state index in [1.165, 1.54) is 6.92 Å². The molecular formula is C28H42N4O4Si. The molecule has 0 radical (unpaired) electrons. The molecule has 3 N–H and O–H groups in total. The fraction of sp³-hybridized carbons (Fsp3) is 0.464. The number of carbonyl (C=O) groups excluding carboxylic acids is 3. The van der Waals surface area contributed by atoms with Gasteiger partial charge in [0.25, 0.3) is 11.8 Å². The minimum atomic E-state index is -1.98. The summed E-state index contributed by atoms with van der Waals surface area (Å²) in [6, 6.07) is 12.0. The normalized spacial score (nSPS) is 11.8. The Labute approximate surface area is 222 Å². The summed E-state index contributed by atoms with van der Waals surface area (Å²) >= 11 is 0. The number of hydrogen-bond acceptors (Lipinski definition) is 5. The second kappa shape index (κ2) is 13.0.